The van der Waals surface area contributed by atoms with E-state index < -0.39 is 0 Å². The van der Waals surface area contributed by atoms with Gasteiger partial charge in [-0.25, -0.2) is 0 Å². The van der Waals surface area contributed by atoms with E-state index in [0.717, 1.165) is 0 Å². The molecule has 0 radical (unpaired) electrons. The highest BCUT2D eigenvalue weighted by Crippen LogP contribution is 2.07. The van der Waals surface area contributed by atoms with Crippen molar-refractivity contribution in [1.82, 2.24) is 0 Å². The Hall–Kier alpha value is -1.82. The maximum atomic E-state index is 3.72. The number of hydrogen-bond donors (Lipinski definition) is 0. The van der Waals surface area contributed by atoms with Crippen LogP contribution in [0.4, 0.5) is 0 Å². The van der Waals surface area contributed by atoms with Crippen LogP contribution in [0.25, 0.3) is 6.08 Å². The van der Waals surface area contributed by atoms with Crippen molar-refractivity contribution in [2.24, 2.45) is 0 Å². The van der Waals surface area contributed by atoms with Gasteiger partial charge in [0.25, 0.3) is 0 Å². The van der Waals surface area contributed by atoms with Gasteiger partial charge in [-0.15, -0.1) is 0 Å². The molecule has 0 aliphatic rings. The fourth-order valence-corrected chi connectivity index (χ4v) is 1.29. The van der Waals surface area contributed by atoms with Gasteiger partial charge in [-0.1, -0.05) is 77.9 Å². The fourth-order valence-electron chi connectivity index (χ4n) is 1.29. The molecule has 0 aliphatic heterocycles. The van der Waals surface area contributed by atoms with Gasteiger partial charge in [0.2, 0.25) is 0 Å². The first-order valence-corrected chi connectivity index (χ1v) is 5.84. The third-order valence-electron chi connectivity index (χ3n) is 2.55. The molecule has 0 amide bonds. The van der Waals surface area contributed by atoms with Crippen molar-refractivity contribution in [3.63, 3.8) is 0 Å². The van der Waals surface area contributed by atoms with Crippen molar-refractivity contribution >= 4 is 6.08 Å². The normalized spacial score (nSPS) is 13.1. The Morgan fingerprint density at radius 1 is 1.00 bits per heavy atom. The van der Waals surface area contributed by atoms with Crippen LogP contribution in [0.15, 0.2) is 66.3 Å². The molecule has 0 heterocycles. The fraction of sp³-hybridized carbons (Fsp3) is 0.176. The van der Waals surface area contributed by atoms with Gasteiger partial charge in [0.1, 0.15) is 0 Å². The monoisotopic (exact) mass is 224 g/mol. The lowest BCUT2D eigenvalue weighted by Crippen LogP contribution is -1.74. The highest BCUT2D eigenvalue weighted by atomic mass is 13.9. The third kappa shape index (κ3) is 5.17. The minimum absolute atomic E-state index is 1.17. The molecular weight excluding hydrogens is 204 g/mol. The second-order valence-electron chi connectivity index (χ2n) is 4.27. The van der Waals surface area contributed by atoms with E-state index in [9.17, 15) is 0 Å². The zero-order valence-electron chi connectivity index (χ0n) is 10.9. The van der Waals surface area contributed by atoms with Gasteiger partial charge in [0, 0.05) is 0 Å². The molecule has 17 heavy (non-hydrogen) atoms. The number of rotatable bonds is 4. The number of benzene rings is 1. The molecule has 0 heteroatoms. The molecule has 0 aromatic heterocycles. The SMILES string of the molecule is C=C\C(C)=C/C=C(C)/C=C/c1ccc(C)cc1. The van der Waals surface area contributed by atoms with Crippen molar-refractivity contribution in [1.29, 1.82) is 0 Å². The Bertz CT molecular complexity index is 453. The molecule has 0 aliphatic carbocycles. The third-order valence-corrected chi connectivity index (χ3v) is 2.55. The lowest BCUT2D eigenvalue weighted by atomic mass is 10.1. The molecule has 1 rings (SSSR count). The maximum absolute atomic E-state index is 3.72. The largest absolute Gasteiger partial charge is 0.0988 e. The van der Waals surface area contributed by atoms with Crippen LogP contribution in [-0.4, -0.2) is 0 Å². The molecular formula is C17H20. The van der Waals surface area contributed by atoms with Gasteiger partial charge in [-0.3, -0.25) is 0 Å². The van der Waals surface area contributed by atoms with Crippen LogP contribution < -0.4 is 0 Å². The molecule has 0 spiro atoms. The van der Waals surface area contributed by atoms with Crippen LogP contribution in [0.5, 0.6) is 0 Å². The summed E-state index contributed by atoms with van der Waals surface area (Å²) in [5, 5.41) is 0. The van der Waals surface area contributed by atoms with Crippen LogP contribution >= 0.6 is 0 Å². The second kappa shape index (κ2) is 6.70. The first-order chi connectivity index (χ1) is 8.11. The summed E-state index contributed by atoms with van der Waals surface area (Å²) in [7, 11) is 0. The second-order valence-corrected chi connectivity index (χ2v) is 4.27. The minimum atomic E-state index is 1.17. The summed E-state index contributed by atoms with van der Waals surface area (Å²) < 4.78 is 0. The van der Waals surface area contributed by atoms with E-state index in [0.29, 0.717) is 0 Å². The minimum Gasteiger partial charge on any atom is -0.0988 e. The van der Waals surface area contributed by atoms with Crippen LogP contribution in [0, 0.1) is 6.92 Å². The van der Waals surface area contributed by atoms with Crippen molar-refractivity contribution in [3.05, 3.63) is 77.4 Å². The van der Waals surface area contributed by atoms with Crippen LogP contribution in [0.1, 0.15) is 25.0 Å². The summed E-state index contributed by atoms with van der Waals surface area (Å²) in [4.78, 5) is 0. The summed E-state index contributed by atoms with van der Waals surface area (Å²) in [6.45, 7) is 9.96. The lowest BCUT2D eigenvalue weighted by molar-refractivity contribution is 1.46. The Morgan fingerprint density at radius 3 is 2.18 bits per heavy atom. The van der Waals surface area contributed by atoms with Crippen LogP contribution in [0.3, 0.4) is 0 Å². The van der Waals surface area contributed by atoms with Gasteiger partial charge in [-0.2, -0.15) is 0 Å². The zero-order chi connectivity index (χ0) is 12.7. The van der Waals surface area contributed by atoms with Gasteiger partial charge in [0.15, 0.2) is 0 Å². The number of aryl methyl sites for hydroxylation is 1. The lowest BCUT2D eigenvalue weighted by Gasteiger charge is -1.95. The summed E-state index contributed by atoms with van der Waals surface area (Å²) in [5.41, 5.74) is 4.92. The van der Waals surface area contributed by atoms with Crippen molar-refractivity contribution < 1.29 is 0 Å². The molecule has 0 saturated carbocycles. The van der Waals surface area contributed by atoms with E-state index in [2.05, 4.69) is 69.0 Å². The molecule has 0 saturated heterocycles. The average molecular weight is 224 g/mol. The van der Waals surface area contributed by atoms with E-state index in [-0.39, 0.29) is 0 Å². The van der Waals surface area contributed by atoms with Crippen molar-refractivity contribution in [2.75, 3.05) is 0 Å². The molecule has 1 aromatic carbocycles. The smallest absolute Gasteiger partial charge is 0.0256 e. The highest BCUT2D eigenvalue weighted by molar-refractivity contribution is 5.53. The van der Waals surface area contributed by atoms with E-state index in [4.69, 9.17) is 0 Å². The van der Waals surface area contributed by atoms with Gasteiger partial charge < -0.3 is 0 Å². The molecule has 0 unspecified atom stereocenters. The topological polar surface area (TPSA) is 0 Å². The quantitative estimate of drug-likeness (QED) is 0.625. The van der Waals surface area contributed by atoms with Gasteiger partial charge in [-0.05, 0) is 26.3 Å². The molecule has 88 valence electrons. The molecule has 0 N–H and O–H groups in total. The van der Waals surface area contributed by atoms with Crippen molar-refractivity contribution in [3.8, 4) is 0 Å². The predicted octanol–water partition coefficient (Wildman–Crippen LogP) is 5.09. The summed E-state index contributed by atoms with van der Waals surface area (Å²) in [6, 6.07) is 8.51. The summed E-state index contributed by atoms with van der Waals surface area (Å²) in [5.74, 6) is 0. The number of hydrogen-bond acceptors (Lipinski definition) is 0. The Labute approximate surface area is 105 Å². The molecule has 0 fully saturated rings. The van der Waals surface area contributed by atoms with Gasteiger partial charge >= 0.3 is 0 Å². The molecule has 0 atom stereocenters. The summed E-state index contributed by atoms with van der Waals surface area (Å²) in [6.07, 6.45) is 10.3. The molecule has 1 aromatic rings. The number of allylic oxidation sites excluding steroid dienone is 6. The molecule has 0 bridgehead atoms. The van der Waals surface area contributed by atoms with E-state index >= 15 is 0 Å². The standard InChI is InChI=1S/C17H20/c1-5-14(2)6-7-15(3)8-11-17-12-9-16(4)10-13-17/h5-13H,1H2,2-4H3/b11-8+,14-6-,15-7+. The zero-order valence-corrected chi connectivity index (χ0v) is 10.9. The predicted molar refractivity (Wildman–Crippen MR) is 77.9 cm³/mol. The maximum Gasteiger partial charge on any atom is -0.0256 e. The van der Waals surface area contributed by atoms with Crippen molar-refractivity contribution in [2.45, 2.75) is 20.8 Å². The van der Waals surface area contributed by atoms with E-state index in [1.165, 1.54) is 22.3 Å². The Kier molecular flexibility index (Phi) is 5.22. The Balaban J connectivity index is 2.71. The molecule has 0 nitrogen and oxygen atoms in total. The van der Waals surface area contributed by atoms with E-state index in [1.54, 1.807) is 0 Å². The van der Waals surface area contributed by atoms with Gasteiger partial charge in [0.05, 0.1) is 0 Å². The van der Waals surface area contributed by atoms with Crippen LogP contribution in [0.2, 0.25) is 0 Å². The first-order valence-electron chi connectivity index (χ1n) is 5.84. The Morgan fingerprint density at radius 2 is 1.59 bits per heavy atom. The highest BCUT2D eigenvalue weighted by Gasteiger charge is 1.86. The van der Waals surface area contributed by atoms with E-state index in [1.807, 2.05) is 13.0 Å². The average Bonchev–Trinajstić information content (AvgIpc) is 2.35. The summed E-state index contributed by atoms with van der Waals surface area (Å²) >= 11 is 0. The first kappa shape index (κ1) is 13.2. The van der Waals surface area contributed by atoms with Crippen LogP contribution in [-0.2, 0) is 0 Å².